The molecule has 1 N–H and O–H groups in total. The first kappa shape index (κ1) is 17.7. The van der Waals surface area contributed by atoms with Gasteiger partial charge in [-0.05, 0) is 29.3 Å². The van der Waals surface area contributed by atoms with Crippen LogP contribution in [0.15, 0.2) is 85.2 Å². The zero-order valence-corrected chi connectivity index (χ0v) is 17.0. The Morgan fingerprint density at radius 3 is 2.52 bits per heavy atom. The molecule has 0 bridgehead atoms. The molecular weight excluding hydrogens is 406 g/mol. The van der Waals surface area contributed by atoms with Crippen molar-refractivity contribution in [3.8, 4) is 22.4 Å². The van der Waals surface area contributed by atoms with Crippen LogP contribution in [-0.4, -0.2) is 28.3 Å². The smallest absolute Gasteiger partial charge is 0.247 e. The lowest BCUT2D eigenvalue weighted by atomic mass is 9.98. The Morgan fingerprint density at radius 2 is 1.61 bits per heavy atom. The topological polar surface area (TPSA) is 80.9 Å². The van der Waals surface area contributed by atoms with Crippen LogP contribution in [-0.2, 0) is 0 Å². The summed E-state index contributed by atoms with van der Waals surface area (Å²) < 4.78 is 10.3. The third-order valence-electron chi connectivity index (χ3n) is 5.03. The highest BCUT2D eigenvalue weighted by Crippen LogP contribution is 2.32. The lowest BCUT2D eigenvalue weighted by Gasteiger charge is -2.09. The van der Waals surface area contributed by atoms with Crippen LogP contribution in [0.4, 0.5) is 11.6 Å². The second-order valence-corrected chi connectivity index (χ2v) is 7.51. The van der Waals surface area contributed by atoms with E-state index in [-0.39, 0.29) is 0 Å². The maximum absolute atomic E-state index is 4.73. The molecule has 0 amide bonds. The molecule has 6 rings (SSSR count). The van der Waals surface area contributed by atoms with Crippen LogP contribution in [0.5, 0.6) is 0 Å². The highest BCUT2D eigenvalue weighted by atomic mass is 32.1. The van der Waals surface area contributed by atoms with Gasteiger partial charge in [-0.1, -0.05) is 54.6 Å². The van der Waals surface area contributed by atoms with Crippen LogP contribution in [0.2, 0.25) is 0 Å². The Hall–Kier alpha value is -4.17. The average Bonchev–Trinajstić information content (AvgIpc) is 3.45. The summed E-state index contributed by atoms with van der Waals surface area (Å²) in [6.07, 6.45) is 3.55. The van der Waals surface area contributed by atoms with Crippen molar-refractivity contribution in [2.75, 3.05) is 5.32 Å². The summed E-state index contributed by atoms with van der Waals surface area (Å²) in [4.78, 5) is 9.38. The molecule has 8 heteroatoms. The van der Waals surface area contributed by atoms with E-state index >= 15 is 0 Å². The van der Waals surface area contributed by atoms with Crippen molar-refractivity contribution in [2.24, 2.45) is 0 Å². The number of hydrogen-bond donors (Lipinski definition) is 1. The van der Waals surface area contributed by atoms with Crippen LogP contribution in [0.3, 0.4) is 0 Å². The zero-order chi connectivity index (χ0) is 20.6. The molecule has 6 aromatic rings. The van der Waals surface area contributed by atoms with Gasteiger partial charge in [-0.3, -0.25) is 4.98 Å². The second-order valence-electron chi connectivity index (χ2n) is 6.98. The molecule has 148 valence electrons. The molecule has 7 nitrogen and oxygen atoms in total. The van der Waals surface area contributed by atoms with Gasteiger partial charge >= 0.3 is 0 Å². The largest absolute Gasteiger partial charge is 0.323 e. The van der Waals surface area contributed by atoms with E-state index in [1.54, 1.807) is 16.9 Å². The van der Waals surface area contributed by atoms with Crippen molar-refractivity contribution >= 4 is 40.0 Å². The molecule has 0 atom stereocenters. The SMILES string of the molecule is c1ccc(-c2ccccc2-c2nccn3nc(Nc4ccc5nsnc5c4)nc23)cc1. The third-order valence-corrected chi connectivity index (χ3v) is 5.59. The maximum Gasteiger partial charge on any atom is 0.247 e. The van der Waals surface area contributed by atoms with E-state index in [2.05, 4.69) is 48.4 Å². The quantitative estimate of drug-likeness (QED) is 0.421. The summed E-state index contributed by atoms with van der Waals surface area (Å²) in [5.74, 6) is 0.494. The van der Waals surface area contributed by atoms with Crippen molar-refractivity contribution in [1.29, 1.82) is 0 Å². The first-order valence-electron chi connectivity index (χ1n) is 9.71. The summed E-state index contributed by atoms with van der Waals surface area (Å²) >= 11 is 1.20. The Bertz CT molecular complexity index is 1520. The molecule has 0 saturated carbocycles. The van der Waals surface area contributed by atoms with Gasteiger partial charge in [0.05, 0.1) is 11.7 Å². The number of nitrogens with one attached hydrogen (secondary N) is 1. The average molecular weight is 421 g/mol. The van der Waals surface area contributed by atoms with E-state index in [0.717, 1.165) is 39.1 Å². The molecule has 0 fully saturated rings. The van der Waals surface area contributed by atoms with E-state index in [9.17, 15) is 0 Å². The Labute approximate surface area is 181 Å². The molecule has 0 aliphatic heterocycles. The van der Waals surface area contributed by atoms with Crippen molar-refractivity contribution in [3.05, 3.63) is 85.2 Å². The second kappa shape index (κ2) is 7.26. The number of benzene rings is 3. The fourth-order valence-corrected chi connectivity index (χ4v) is 4.13. The van der Waals surface area contributed by atoms with E-state index < -0.39 is 0 Å². The van der Waals surface area contributed by atoms with Crippen LogP contribution >= 0.6 is 11.7 Å². The van der Waals surface area contributed by atoms with Gasteiger partial charge in [0.1, 0.15) is 16.7 Å². The normalized spacial score (nSPS) is 11.2. The standard InChI is InChI=1S/C23H15N7S/c1-2-6-15(7-3-1)17-8-4-5-9-18(17)21-22-26-23(27-30(22)13-12-24-21)25-16-10-11-19-20(14-16)29-31-28-19/h1-14H,(H,25,27). The Morgan fingerprint density at radius 1 is 0.806 bits per heavy atom. The molecule has 3 aromatic carbocycles. The molecule has 0 saturated heterocycles. The van der Waals surface area contributed by atoms with E-state index in [0.29, 0.717) is 11.6 Å². The minimum absolute atomic E-state index is 0.494. The fourth-order valence-electron chi connectivity index (χ4n) is 3.61. The van der Waals surface area contributed by atoms with Crippen molar-refractivity contribution in [1.82, 2.24) is 28.3 Å². The lowest BCUT2D eigenvalue weighted by molar-refractivity contribution is 0.952. The summed E-state index contributed by atoms with van der Waals surface area (Å²) in [6, 6.07) is 24.3. The van der Waals surface area contributed by atoms with Crippen molar-refractivity contribution in [3.63, 3.8) is 0 Å². The van der Waals surface area contributed by atoms with Crippen LogP contribution in [0.1, 0.15) is 0 Å². The van der Waals surface area contributed by atoms with Gasteiger partial charge in [-0.25, -0.2) is 4.52 Å². The zero-order valence-electron chi connectivity index (χ0n) is 16.2. The predicted octanol–water partition coefficient (Wildman–Crippen LogP) is 5.21. The first-order valence-corrected chi connectivity index (χ1v) is 10.4. The Balaban J connectivity index is 1.44. The number of anilines is 2. The lowest BCUT2D eigenvalue weighted by Crippen LogP contribution is -1.95. The van der Waals surface area contributed by atoms with Gasteiger partial charge in [0, 0.05) is 23.6 Å². The minimum atomic E-state index is 0.494. The monoisotopic (exact) mass is 421 g/mol. The highest BCUT2D eigenvalue weighted by Gasteiger charge is 2.15. The summed E-state index contributed by atoms with van der Waals surface area (Å²) in [5.41, 5.74) is 7.28. The van der Waals surface area contributed by atoms with Gasteiger partial charge in [0.15, 0.2) is 5.65 Å². The van der Waals surface area contributed by atoms with Crippen LogP contribution in [0.25, 0.3) is 39.1 Å². The van der Waals surface area contributed by atoms with Crippen molar-refractivity contribution < 1.29 is 0 Å². The predicted molar refractivity (Wildman–Crippen MR) is 122 cm³/mol. The maximum atomic E-state index is 4.73. The number of rotatable bonds is 4. The number of nitrogens with zero attached hydrogens (tertiary/aromatic N) is 6. The van der Waals surface area contributed by atoms with E-state index in [1.807, 2.05) is 48.5 Å². The summed E-state index contributed by atoms with van der Waals surface area (Å²) in [6.45, 7) is 0. The van der Waals surface area contributed by atoms with E-state index in [1.165, 1.54) is 11.7 Å². The molecule has 0 radical (unpaired) electrons. The first-order chi connectivity index (χ1) is 15.3. The van der Waals surface area contributed by atoms with Gasteiger partial charge in [0.2, 0.25) is 5.95 Å². The van der Waals surface area contributed by atoms with Gasteiger partial charge in [-0.2, -0.15) is 13.7 Å². The minimum Gasteiger partial charge on any atom is -0.323 e. The summed E-state index contributed by atoms with van der Waals surface area (Å²) in [5, 5.41) is 7.85. The molecule has 0 unspecified atom stereocenters. The molecular formula is C23H15N7S. The molecule has 31 heavy (non-hydrogen) atoms. The third kappa shape index (κ3) is 3.19. The van der Waals surface area contributed by atoms with Crippen LogP contribution < -0.4 is 5.32 Å². The number of hydrogen-bond acceptors (Lipinski definition) is 7. The van der Waals surface area contributed by atoms with Crippen LogP contribution in [0, 0.1) is 0 Å². The van der Waals surface area contributed by atoms with E-state index in [4.69, 9.17) is 4.98 Å². The van der Waals surface area contributed by atoms with Gasteiger partial charge in [-0.15, -0.1) is 5.10 Å². The number of aromatic nitrogens is 6. The van der Waals surface area contributed by atoms with Crippen molar-refractivity contribution in [2.45, 2.75) is 0 Å². The molecule has 3 aromatic heterocycles. The molecule has 0 spiro atoms. The fraction of sp³-hybridized carbons (Fsp3) is 0. The van der Waals surface area contributed by atoms with Gasteiger partial charge in [0.25, 0.3) is 0 Å². The Kier molecular flexibility index (Phi) is 4.14. The highest BCUT2D eigenvalue weighted by molar-refractivity contribution is 7.00. The number of fused-ring (bicyclic) bond motifs is 2. The molecule has 0 aliphatic carbocycles. The molecule has 3 heterocycles. The molecule has 0 aliphatic rings. The summed E-state index contributed by atoms with van der Waals surface area (Å²) in [7, 11) is 0. The van der Waals surface area contributed by atoms with Gasteiger partial charge < -0.3 is 5.32 Å².